The van der Waals surface area contributed by atoms with Crippen molar-refractivity contribution in [2.45, 2.75) is 25.4 Å². The van der Waals surface area contributed by atoms with Crippen LogP contribution in [0.4, 0.5) is 0 Å². The average Bonchev–Trinajstić information content (AvgIpc) is 2.93. The molecule has 3 rings (SSSR count). The fourth-order valence-electron chi connectivity index (χ4n) is 2.32. The van der Waals surface area contributed by atoms with E-state index in [-0.39, 0.29) is 0 Å². The second-order valence-corrected chi connectivity index (χ2v) is 5.89. The molecular weight excluding hydrogens is 283 g/mol. The van der Waals surface area contributed by atoms with Crippen molar-refractivity contribution in [1.82, 2.24) is 0 Å². The molecule has 1 aliphatic rings. The van der Waals surface area contributed by atoms with Gasteiger partial charge in [-0.1, -0.05) is 42.3 Å². The minimum Gasteiger partial charge on any atom is -0.463 e. The summed E-state index contributed by atoms with van der Waals surface area (Å²) < 4.78 is 5.74. The Balaban J connectivity index is 1.89. The highest BCUT2D eigenvalue weighted by molar-refractivity contribution is 6.42. The molecular formula is C15H14Cl2O2. The van der Waals surface area contributed by atoms with Gasteiger partial charge in [0, 0.05) is 11.5 Å². The predicted molar refractivity (Wildman–Crippen MR) is 75.8 cm³/mol. The Morgan fingerprint density at radius 3 is 2.68 bits per heavy atom. The van der Waals surface area contributed by atoms with Gasteiger partial charge in [0.15, 0.2) is 0 Å². The van der Waals surface area contributed by atoms with Crippen molar-refractivity contribution in [2.24, 2.45) is 5.92 Å². The van der Waals surface area contributed by atoms with Crippen LogP contribution in [0.3, 0.4) is 0 Å². The van der Waals surface area contributed by atoms with Gasteiger partial charge in [-0.15, -0.1) is 0 Å². The van der Waals surface area contributed by atoms with Crippen molar-refractivity contribution < 1.29 is 9.52 Å². The highest BCUT2D eigenvalue weighted by Crippen LogP contribution is 2.48. The SMILES string of the molecule is CC1CC1c1ccc(C(O)c2cccc(Cl)c2Cl)o1. The molecule has 1 heterocycles. The zero-order valence-electron chi connectivity index (χ0n) is 10.4. The maximum Gasteiger partial charge on any atom is 0.138 e. The van der Waals surface area contributed by atoms with E-state index < -0.39 is 6.10 Å². The van der Waals surface area contributed by atoms with Crippen LogP contribution in [0.2, 0.25) is 10.0 Å². The molecule has 0 saturated heterocycles. The molecule has 19 heavy (non-hydrogen) atoms. The molecule has 1 fully saturated rings. The monoisotopic (exact) mass is 296 g/mol. The summed E-state index contributed by atoms with van der Waals surface area (Å²) in [7, 11) is 0. The third-order valence-corrected chi connectivity index (χ3v) is 4.50. The quantitative estimate of drug-likeness (QED) is 0.883. The molecule has 1 aliphatic carbocycles. The maximum atomic E-state index is 10.3. The lowest BCUT2D eigenvalue weighted by molar-refractivity contribution is 0.186. The van der Waals surface area contributed by atoms with Crippen LogP contribution < -0.4 is 0 Å². The lowest BCUT2D eigenvalue weighted by Crippen LogP contribution is -1.99. The van der Waals surface area contributed by atoms with Crippen LogP contribution >= 0.6 is 23.2 Å². The molecule has 2 aromatic rings. The van der Waals surface area contributed by atoms with Gasteiger partial charge in [0.2, 0.25) is 0 Å². The number of rotatable bonds is 3. The Morgan fingerprint density at radius 1 is 1.26 bits per heavy atom. The average molecular weight is 297 g/mol. The van der Waals surface area contributed by atoms with Gasteiger partial charge in [-0.3, -0.25) is 0 Å². The number of furan rings is 1. The number of hydrogen-bond acceptors (Lipinski definition) is 2. The summed E-state index contributed by atoms with van der Waals surface area (Å²) in [5.74, 6) is 2.62. The van der Waals surface area contributed by atoms with Gasteiger partial charge < -0.3 is 9.52 Å². The molecule has 0 spiro atoms. The van der Waals surface area contributed by atoms with Crippen molar-refractivity contribution in [3.63, 3.8) is 0 Å². The van der Waals surface area contributed by atoms with E-state index in [1.807, 2.05) is 12.1 Å². The Labute approximate surface area is 122 Å². The van der Waals surface area contributed by atoms with E-state index in [1.54, 1.807) is 18.2 Å². The smallest absolute Gasteiger partial charge is 0.138 e. The summed E-state index contributed by atoms with van der Waals surface area (Å²) in [6, 6.07) is 8.95. The number of aliphatic hydroxyl groups is 1. The van der Waals surface area contributed by atoms with Crippen LogP contribution in [0.1, 0.15) is 42.5 Å². The zero-order valence-corrected chi connectivity index (χ0v) is 11.9. The van der Waals surface area contributed by atoms with Crippen molar-refractivity contribution >= 4 is 23.2 Å². The van der Waals surface area contributed by atoms with Gasteiger partial charge in [0.05, 0.1) is 10.0 Å². The largest absolute Gasteiger partial charge is 0.463 e. The van der Waals surface area contributed by atoms with E-state index in [9.17, 15) is 5.11 Å². The fraction of sp³-hybridized carbons (Fsp3) is 0.333. The van der Waals surface area contributed by atoms with Crippen molar-refractivity contribution in [2.75, 3.05) is 0 Å². The van der Waals surface area contributed by atoms with Crippen molar-refractivity contribution in [1.29, 1.82) is 0 Å². The van der Waals surface area contributed by atoms with Crippen LogP contribution in [0.5, 0.6) is 0 Å². The van der Waals surface area contributed by atoms with Gasteiger partial charge in [-0.25, -0.2) is 0 Å². The van der Waals surface area contributed by atoms with E-state index in [4.69, 9.17) is 27.6 Å². The molecule has 4 heteroatoms. The van der Waals surface area contributed by atoms with Crippen LogP contribution in [0.25, 0.3) is 0 Å². The zero-order chi connectivity index (χ0) is 13.6. The van der Waals surface area contributed by atoms with Crippen LogP contribution in [-0.2, 0) is 0 Å². The van der Waals surface area contributed by atoms with Crippen LogP contribution in [-0.4, -0.2) is 5.11 Å². The normalized spacial score (nSPS) is 23.4. The molecule has 3 atom stereocenters. The lowest BCUT2D eigenvalue weighted by atomic mass is 10.1. The molecule has 0 amide bonds. The third-order valence-electron chi connectivity index (χ3n) is 3.67. The third kappa shape index (κ3) is 2.40. The molecule has 3 unspecified atom stereocenters. The molecule has 0 aliphatic heterocycles. The van der Waals surface area contributed by atoms with E-state index in [1.165, 1.54) is 0 Å². The van der Waals surface area contributed by atoms with Crippen LogP contribution in [0, 0.1) is 5.92 Å². The summed E-state index contributed by atoms with van der Waals surface area (Å²) in [4.78, 5) is 0. The molecule has 0 bridgehead atoms. The molecule has 1 N–H and O–H groups in total. The fourth-order valence-corrected chi connectivity index (χ4v) is 2.73. The first-order valence-corrected chi connectivity index (χ1v) is 7.05. The molecule has 0 radical (unpaired) electrons. The Hall–Kier alpha value is -0.960. The van der Waals surface area contributed by atoms with Crippen LogP contribution in [0.15, 0.2) is 34.7 Å². The van der Waals surface area contributed by atoms with Gasteiger partial charge in [-0.2, -0.15) is 0 Å². The molecule has 1 aromatic carbocycles. The number of halogens is 2. The van der Waals surface area contributed by atoms with Gasteiger partial charge in [-0.05, 0) is 30.5 Å². The summed E-state index contributed by atoms with van der Waals surface area (Å²) >= 11 is 12.1. The first kappa shape index (κ1) is 13.0. The summed E-state index contributed by atoms with van der Waals surface area (Å²) in [6.45, 7) is 2.19. The summed E-state index contributed by atoms with van der Waals surface area (Å²) in [6.07, 6.45) is 0.273. The minimum atomic E-state index is -0.881. The topological polar surface area (TPSA) is 33.4 Å². The minimum absolute atomic E-state index is 0.370. The highest BCUT2D eigenvalue weighted by Gasteiger charge is 2.37. The van der Waals surface area contributed by atoms with E-state index >= 15 is 0 Å². The number of benzene rings is 1. The summed E-state index contributed by atoms with van der Waals surface area (Å²) in [5.41, 5.74) is 0.568. The molecule has 1 saturated carbocycles. The lowest BCUT2D eigenvalue weighted by Gasteiger charge is -2.11. The Bertz CT molecular complexity index is 606. The molecule has 1 aromatic heterocycles. The first-order valence-electron chi connectivity index (χ1n) is 6.29. The number of hydrogen-bond donors (Lipinski definition) is 1. The Kier molecular flexibility index (Phi) is 3.34. The molecule has 100 valence electrons. The second kappa shape index (κ2) is 4.86. The van der Waals surface area contributed by atoms with Crippen molar-refractivity contribution in [3.8, 4) is 0 Å². The standard InChI is InChI=1S/C15H14Cl2O2/c1-8-7-10(8)12-5-6-13(19-12)15(18)9-3-2-4-11(16)14(9)17/h2-6,8,10,15,18H,7H2,1H3. The van der Waals surface area contributed by atoms with Crippen molar-refractivity contribution in [3.05, 3.63) is 57.5 Å². The van der Waals surface area contributed by atoms with Gasteiger partial charge in [0.1, 0.15) is 17.6 Å². The maximum absolute atomic E-state index is 10.3. The Morgan fingerprint density at radius 2 is 2.00 bits per heavy atom. The summed E-state index contributed by atoms with van der Waals surface area (Å²) in [5, 5.41) is 11.1. The highest BCUT2D eigenvalue weighted by atomic mass is 35.5. The first-order chi connectivity index (χ1) is 9.08. The second-order valence-electron chi connectivity index (χ2n) is 5.11. The number of aliphatic hydroxyl groups excluding tert-OH is 1. The van der Waals surface area contributed by atoms with Gasteiger partial charge >= 0.3 is 0 Å². The molecule has 2 nitrogen and oxygen atoms in total. The van der Waals surface area contributed by atoms with E-state index in [0.29, 0.717) is 33.2 Å². The van der Waals surface area contributed by atoms with E-state index in [2.05, 4.69) is 6.92 Å². The van der Waals surface area contributed by atoms with Gasteiger partial charge in [0.25, 0.3) is 0 Å². The predicted octanol–water partition coefficient (Wildman–Crippen LogP) is 4.79. The van der Waals surface area contributed by atoms with E-state index in [0.717, 1.165) is 12.2 Å².